The van der Waals surface area contributed by atoms with Crippen LogP contribution in [0.1, 0.15) is 12.0 Å². The maximum Gasteiger partial charge on any atom is 0.505 e. The molecule has 0 aliphatic carbocycles. The van der Waals surface area contributed by atoms with E-state index < -0.39 is 8.03 Å². The maximum atomic E-state index is 11.1. The predicted molar refractivity (Wildman–Crippen MR) is 68.9 cm³/mol. The van der Waals surface area contributed by atoms with Gasteiger partial charge in [-0.3, -0.25) is 0 Å². The van der Waals surface area contributed by atoms with Gasteiger partial charge in [0.25, 0.3) is 0 Å². The number of aliphatic hydroxyl groups is 1. The molecule has 98 valence electrons. The fourth-order valence-electron chi connectivity index (χ4n) is 2.27. The Morgan fingerprint density at radius 2 is 2.17 bits per heavy atom. The molecule has 1 unspecified atom stereocenters. The summed E-state index contributed by atoms with van der Waals surface area (Å²) < 4.78 is 22.1. The highest BCUT2D eigenvalue weighted by Crippen LogP contribution is 2.31. The summed E-state index contributed by atoms with van der Waals surface area (Å²) in [4.78, 5) is 0. The molecule has 0 bridgehead atoms. The van der Waals surface area contributed by atoms with Gasteiger partial charge in [0.05, 0.1) is 12.7 Å². The molecule has 0 spiro atoms. The summed E-state index contributed by atoms with van der Waals surface area (Å²) >= 11 is 0. The standard InChI is InChI=1S/C13H18O4P/c1-18(15)17-12-8-11(16-13(12)9-14)7-10-5-3-2-4-6-10/h2-6,11-14H,7-9H2,1H3/q+1/t11-,12-,13+/m0/s1. The largest absolute Gasteiger partial charge is 0.505 e. The second-order valence-corrected chi connectivity index (χ2v) is 5.58. The molecule has 0 radical (unpaired) electrons. The van der Waals surface area contributed by atoms with Gasteiger partial charge < -0.3 is 9.84 Å². The minimum absolute atomic E-state index is 0.0181. The molecule has 1 aliphatic heterocycles. The van der Waals surface area contributed by atoms with E-state index in [0.717, 1.165) is 6.42 Å². The van der Waals surface area contributed by atoms with Crippen molar-refractivity contribution >= 4 is 8.03 Å². The van der Waals surface area contributed by atoms with E-state index in [0.29, 0.717) is 6.42 Å². The Balaban J connectivity index is 1.94. The van der Waals surface area contributed by atoms with E-state index in [-0.39, 0.29) is 24.9 Å². The molecule has 0 saturated carbocycles. The molecule has 2 rings (SSSR count). The lowest BCUT2D eigenvalue weighted by Gasteiger charge is -2.11. The van der Waals surface area contributed by atoms with E-state index in [1.54, 1.807) is 0 Å². The fourth-order valence-corrected chi connectivity index (χ4v) is 2.88. The minimum atomic E-state index is -1.66. The number of aliphatic hydroxyl groups excluding tert-OH is 1. The lowest BCUT2D eigenvalue weighted by Crippen LogP contribution is -2.26. The first-order valence-corrected chi connectivity index (χ1v) is 7.69. The zero-order valence-corrected chi connectivity index (χ0v) is 11.3. The van der Waals surface area contributed by atoms with Crippen molar-refractivity contribution in [3.63, 3.8) is 0 Å². The molecule has 0 amide bonds. The minimum Gasteiger partial charge on any atom is -0.394 e. The Labute approximate surface area is 108 Å². The lowest BCUT2D eigenvalue weighted by atomic mass is 10.0. The van der Waals surface area contributed by atoms with Crippen molar-refractivity contribution < 1.29 is 18.9 Å². The van der Waals surface area contributed by atoms with Crippen LogP contribution in [0.5, 0.6) is 0 Å². The molecule has 4 nitrogen and oxygen atoms in total. The summed E-state index contributed by atoms with van der Waals surface area (Å²) in [6, 6.07) is 10.1. The van der Waals surface area contributed by atoms with Crippen molar-refractivity contribution in [1.29, 1.82) is 0 Å². The Bertz CT molecular complexity index is 395. The first kappa shape index (κ1) is 13.6. The van der Waals surface area contributed by atoms with Gasteiger partial charge in [0.1, 0.15) is 12.2 Å². The highest BCUT2D eigenvalue weighted by atomic mass is 31.1. The smallest absolute Gasteiger partial charge is 0.394 e. The van der Waals surface area contributed by atoms with Crippen LogP contribution in [0.3, 0.4) is 0 Å². The van der Waals surface area contributed by atoms with Gasteiger partial charge in [-0.15, -0.1) is 4.52 Å². The van der Waals surface area contributed by atoms with Crippen LogP contribution in [0.25, 0.3) is 0 Å². The quantitative estimate of drug-likeness (QED) is 0.832. The van der Waals surface area contributed by atoms with Crippen LogP contribution in [0.2, 0.25) is 0 Å². The van der Waals surface area contributed by atoms with Crippen molar-refractivity contribution in [2.75, 3.05) is 13.3 Å². The van der Waals surface area contributed by atoms with E-state index >= 15 is 0 Å². The van der Waals surface area contributed by atoms with Gasteiger partial charge in [-0.05, 0) is 16.5 Å². The summed E-state index contributed by atoms with van der Waals surface area (Å²) in [6.07, 6.45) is 0.853. The maximum absolute atomic E-state index is 11.1. The second kappa shape index (κ2) is 6.39. The number of benzene rings is 1. The van der Waals surface area contributed by atoms with Gasteiger partial charge in [-0.1, -0.05) is 30.3 Å². The summed E-state index contributed by atoms with van der Waals surface area (Å²) in [7, 11) is -1.66. The van der Waals surface area contributed by atoms with E-state index in [1.807, 2.05) is 30.3 Å². The van der Waals surface area contributed by atoms with Gasteiger partial charge >= 0.3 is 8.03 Å². The highest BCUT2D eigenvalue weighted by Gasteiger charge is 2.39. The number of ether oxygens (including phenoxy) is 1. The first-order valence-electron chi connectivity index (χ1n) is 6.07. The fraction of sp³-hybridized carbons (Fsp3) is 0.538. The molecule has 1 aromatic carbocycles. The van der Waals surface area contributed by atoms with Crippen molar-refractivity contribution in [1.82, 2.24) is 0 Å². The lowest BCUT2D eigenvalue weighted by molar-refractivity contribution is -0.0141. The molecule has 0 aromatic heterocycles. The molecular formula is C13H18O4P+. The van der Waals surface area contributed by atoms with Crippen molar-refractivity contribution in [3.05, 3.63) is 35.9 Å². The van der Waals surface area contributed by atoms with Crippen LogP contribution in [0.4, 0.5) is 0 Å². The average molecular weight is 269 g/mol. The number of hydrogen-bond donors (Lipinski definition) is 1. The summed E-state index contributed by atoms with van der Waals surface area (Å²) in [5.74, 6) is 0. The first-order chi connectivity index (χ1) is 8.69. The van der Waals surface area contributed by atoms with Crippen LogP contribution in [-0.2, 0) is 20.2 Å². The SMILES string of the molecule is C[P+](=O)O[C@H]1C[C@H](Cc2ccccc2)O[C@@H]1CO. The van der Waals surface area contributed by atoms with Crippen LogP contribution in [0.15, 0.2) is 30.3 Å². The Morgan fingerprint density at radius 1 is 1.44 bits per heavy atom. The van der Waals surface area contributed by atoms with Crippen molar-refractivity contribution in [3.8, 4) is 0 Å². The third kappa shape index (κ3) is 3.59. The van der Waals surface area contributed by atoms with Crippen LogP contribution in [0, 0.1) is 0 Å². The molecule has 1 N–H and O–H groups in total. The van der Waals surface area contributed by atoms with Crippen LogP contribution < -0.4 is 0 Å². The van der Waals surface area contributed by atoms with Gasteiger partial charge in [0.15, 0.2) is 6.66 Å². The van der Waals surface area contributed by atoms with Crippen LogP contribution in [-0.4, -0.2) is 36.7 Å². The molecule has 4 atom stereocenters. The van der Waals surface area contributed by atoms with Gasteiger partial charge in [0, 0.05) is 6.42 Å². The molecule has 1 fully saturated rings. The predicted octanol–water partition coefficient (Wildman–Crippen LogP) is 2.14. The van der Waals surface area contributed by atoms with Gasteiger partial charge in [-0.25, -0.2) is 0 Å². The molecule has 1 aromatic rings. The molecular weight excluding hydrogens is 251 g/mol. The third-order valence-corrected chi connectivity index (χ3v) is 3.61. The van der Waals surface area contributed by atoms with Crippen LogP contribution >= 0.6 is 8.03 Å². The van der Waals surface area contributed by atoms with E-state index in [9.17, 15) is 9.67 Å². The highest BCUT2D eigenvalue weighted by molar-refractivity contribution is 7.38. The van der Waals surface area contributed by atoms with Crippen molar-refractivity contribution in [2.24, 2.45) is 0 Å². The number of hydrogen-bond acceptors (Lipinski definition) is 4. The topological polar surface area (TPSA) is 55.8 Å². The zero-order valence-electron chi connectivity index (χ0n) is 10.4. The average Bonchev–Trinajstić information content (AvgIpc) is 2.71. The molecule has 1 aliphatic rings. The van der Waals surface area contributed by atoms with Crippen molar-refractivity contribution in [2.45, 2.75) is 31.2 Å². The molecule has 18 heavy (non-hydrogen) atoms. The Kier molecular flexibility index (Phi) is 4.84. The Hall–Kier alpha value is -0.800. The molecule has 1 saturated heterocycles. The monoisotopic (exact) mass is 269 g/mol. The number of rotatable bonds is 5. The molecule has 1 heterocycles. The van der Waals surface area contributed by atoms with Gasteiger partial charge in [-0.2, -0.15) is 0 Å². The second-order valence-electron chi connectivity index (χ2n) is 4.49. The van der Waals surface area contributed by atoms with E-state index in [2.05, 4.69) is 0 Å². The van der Waals surface area contributed by atoms with E-state index in [4.69, 9.17) is 9.26 Å². The summed E-state index contributed by atoms with van der Waals surface area (Å²) in [6.45, 7) is 1.42. The summed E-state index contributed by atoms with van der Waals surface area (Å²) in [5.41, 5.74) is 1.20. The normalized spacial score (nSPS) is 28.3. The summed E-state index contributed by atoms with van der Waals surface area (Å²) in [5, 5.41) is 9.23. The van der Waals surface area contributed by atoms with Gasteiger partial charge in [0.2, 0.25) is 0 Å². The third-order valence-electron chi connectivity index (χ3n) is 3.05. The molecule has 5 heteroatoms. The Morgan fingerprint density at radius 3 is 2.78 bits per heavy atom. The van der Waals surface area contributed by atoms with E-state index in [1.165, 1.54) is 12.2 Å². The zero-order chi connectivity index (χ0) is 13.0.